The molecule has 0 spiro atoms. The molecule has 0 saturated carbocycles. The van der Waals surface area contributed by atoms with Crippen LogP contribution in [-0.2, 0) is 11.3 Å². The highest BCUT2D eigenvalue weighted by atomic mass is 35.5. The first-order valence-electron chi connectivity index (χ1n) is 5.45. The lowest BCUT2D eigenvalue weighted by Gasteiger charge is -2.16. The summed E-state index contributed by atoms with van der Waals surface area (Å²) in [4.78, 5) is 12.9. The van der Waals surface area contributed by atoms with E-state index in [2.05, 4.69) is 4.90 Å². The molecule has 100 valence electrons. The Balaban J connectivity index is 0.00000162. The molecule has 3 nitrogen and oxygen atoms in total. The monoisotopic (exact) mass is 309 g/mol. The van der Waals surface area contributed by atoms with Gasteiger partial charge in [0.25, 0.3) is 0 Å². The van der Waals surface area contributed by atoms with Gasteiger partial charge in [0.2, 0.25) is 0 Å². The number of carboxylic acid groups (broad SMARTS) is 1. The number of carbonyl (C=O) groups is 1. The van der Waals surface area contributed by atoms with Gasteiger partial charge in [-0.05, 0) is 30.7 Å². The first-order chi connectivity index (χ1) is 8.06. The van der Waals surface area contributed by atoms with Gasteiger partial charge in [-0.15, -0.1) is 12.4 Å². The number of halogens is 3. The Morgan fingerprint density at radius 1 is 1.44 bits per heavy atom. The van der Waals surface area contributed by atoms with E-state index in [0.29, 0.717) is 29.6 Å². The van der Waals surface area contributed by atoms with Crippen molar-refractivity contribution in [3.63, 3.8) is 0 Å². The van der Waals surface area contributed by atoms with Gasteiger partial charge in [0.15, 0.2) is 0 Å². The van der Waals surface area contributed by atoms with Gasteiger partial charge in [-0.25, -0.2) is 0 Å². The number of hydrogen-bond donors (Lipinski definition) is 1. The van der Waals surface area contributed by atoms with E-state index < -0.39 is 5.97 Å². The van der Waals surface area contributed by atoms with Crippen molar-refractivity contribution in [2.75, 3.05) is 13.1 Å². The standard InChI is InChI=1S/C12H13Cl2NO2.ClH/c13-10-2-1-8(11(14)5-10)6-15-4-3-9(7-15)12(16)17;/h1-2,5,9H,3-4,6-7H2,(H,16,17);1H. The number of benzene rings is 1. The fourth-order valence-corrected chi connectivity index (χ4v) is 2.54. The molecule has 1 saturated heterocycles. The van der Waals surface area contributed by atoms with Crippen molar-refractivity contribution >= 4 is 41.6 Å². The number of likely N-dealkylation sites (tertiary alicyclic amines) is 1. The summed E-state index contributed by atoms with van der Waals surface area (Å²) in [6.45, 7) is 2.07. The van der Waals surface area contributed by atoms with Crippen LogP contribution in [0.5, 0.6) is 0 Å². The van der Waals surface area contributed by atoms with Gasteiger partial charge in [-0.2, -0.15) is 0 Å². The average molecular weight is 311 g/mol. The maximum absolute atomic E-state index is 10.8. The molecule has 1 N–H and O–H groups in total. The predicted molar refractivity (Wildman–Crippen MR) is 74.7 cm³/mol. The van der Waals surface area contributed by atoms with E-state index in [0.717, 1.165) is 12.1 Å². The Morgan fingerprint density at radius 3 is 2.72 bits per heavy atom. The van der Waals surface area contributed by atoms with Gasteiger partial charge in [-0.3, -0.25) is 9.69 Å². The zero-order valence-corrected chi connectivity index (χ0v) is 11.9. The van der Waals surface area contributed by atoms with E-state index in [-0.39, 0.29) is 18.3 Å². The lowest BCUT2D eigenvalue weighted by atomic mass is 10.1. The van der Waals surface area contributed by atoms with Crippen LogP contribution in [0.4, 0.5) is 0 Å². The smallest absolute Gasteiger partial charge is 0.307 e. The first-order valence-corrected chi connectivity index (χ1v) is 6.21. The van der Waals surface area contributed by atoms with Gasteiger partial charge in [0.1, 0.15) is 0 Å². The summed E-state index contributed by atoms with van der Waals surface area (Å²) < 4.78 is 0. The second-order valence-electron chi connectivity index (χ2n) is 4.29. The maximum Gasteiger partial charge on any atom is 0.307 e. The molecule has 1 fully saturated rings. The molecule has 0 amide bonds. The van der Waals surface area contributed by atoms with Crippen molar-refractivity contribution in [3.8, 4) is 0 Å². The molecule has 1 aromatic carbocycles. The average Bonchev–Trinajstić information content (AvgIpc) is 2.71. The number of nitrogens with zero attached hydrogens (tertiary/aromatic N) is 1. The van der Waals surface area contributed by atoms with Gasteiger partial charge in [0.05, 0.1) is 5.92 Å². The highest BCUT2D eigenvalue weighted by molar-refractivity contribution is 6.35. The molecular weight excluding hydrogens is 296 g/mol. The van der Waals surface area contributed by atoms with Crippen LogP contribution >= 0.6 is 35.6 Å². The zero-order valence-electron chi connectivity index (χ0n) is 9.60. The Bertz CT molecular complexity index is 439. The summed E-state index contributed by atoms with van der Waals surface area (Å²) in [6, 6.07) is 5.40. The number of aliphatic carboxylic acids is 1. The number of carboxylic acids is 1. The van der Waals surface area contributed by atoms with E-state index in [1.54, 1.807) is 12.1 Å². The molecule has 1 atom stereocenters. The van der Waals surface area contributed by atoms with E-state index in [1.165, 1.54) is 0 Å². The van der Waals surface area contributed by atoms with Crippen LogP contribution in [0.15, 0.2) is 18.2 Å². The molecule has 2 rings (SSSR count). The largest absolute Gasteiger partial charge is 0.481 e. The molecule has 1 unspecified atom stereocenters. The Labute approximate surface area is 122 Å². The lowest BCUT2D eigenvalue weighted by molar-refractivity contribution is -0.141. The Kier molecular flexibility index (Phi) is 5.73. The number of rotatable bonds is 3. The Morgan fingerprint density at radius 2 is 2.17 bits per heavy atom. The summed E-state index contributed by atoms with van der Waals surface area (Å²) in [5, 5.41) is 10.2. The third-order valence-electron chi connectivity index (χ3n) is 3.03. The summed E-state index contributed by atoms with van der Waals surface area (Å²) in [6.07, 6.45) is 0.709. The predicted octanol–water partition coefficient (Wildman–Crippen LogP) is 3.32. The summed E-state index contributed by atoms with van der Waals surface area (Å²) in [7, 11) is 0. The first kappa shape index (κ1) is 15.6. The minimum absolute atomic E-state index is 0. The van der Waals surface area contributed by atoms with Gasteiger partial charge in [-0.1, -0.05) is 29.3 Å². The van der Waals surface area contributed by atoms with Crippen molar-refractivity contribution < 1.29 is 9.90 Å². The van der Waals surface area contributed by atoms with Crippen LogP contribution in [0, 0.1) is 5.92 Å². The molecule has 6 heteroatoms. The van der Waals surface area contributed by atoms with Gasteiger partial charge >= 0.3 is 5.97 Å². The molecule has 1 aliphatic rings. The van der Waals surface area contributed by atoms with Crippen LogP contribution in [-0.4, -0.2) is 29.1 Å². The molecule has 0 radical (unpaired) electrons. The summed E-state index contributed by atoms with van der Waals surface area (Å²) in [5.74, 6) is -0.962. The van der Waals surface area contributed by atoms with Gasteiger partial charge < -0.3 is 5.11 Å². The summed E-state index contributed by atoms with van der Waals surface area (Å²) in [5.41, 5.74) is 0.988. The van der Waals surface area contributed by atoms with Crippen molar-refractivity contribution in [1.82, 2.24) is 4.90 Å². The molecule has 1 aliphatic heterocycles. The van der Waals surface area contributed by atoms with E-state index in [4.69, 9.17) is 28.3 Å². The van der Waals surface area contributed by atoms with Crippen molar-refractivity contribution in [2.24, 2.45) is 5.92 Å². The normalized spacial score (nSPS) is 19.6. The van der Waals surface area contributed by atoms with Crippen molar-refractivity contribution in [2.45, 2.75) is 13.0 Å². The Hall–Kier alpha value is -0.480. The van der Waals surface area contributed by atoms with Crippen LogP contribution in [0.1, 0.15) is 12.0 Å². The highest BCUT2D eigenvalue weighted by Crippen LogP contribution is 2.25. The zero-order chi connectivity index (χ0) is 12.4. The van der Waals surface area contributed by atoms with E-state index >= 15 is 0 Å². The van der Waals surface area contributed by atoms with Crippen LogP contribution < -0.4 is 0 Å². The third-order valence-corrected chi connectivity index (χ3v) is 3.62. The molecule has 0 aromatic heterocycles. The topological polar surface area (TPSA) is 40.5 Å². The molecular formula is C12H14Cl3NO2. The molecule has 0 bridgehead atoms. The quantitative estimate of drug-likeness (QED) is 0.931. The fraction of sp³-hybridized carbons (Fsp3) is 0.417. The van der Waals surface area contributed by atoms with Crippen molar-refractivity contribution in [3.05, 3.63) is 33.8 Å². The fourth-order valence-electron chi connectivity index (χ4n) is 2.07. The van der Waals surface area contributed by atoms with E-state index in [9.17, 15) is 4.79 Å². The van der Waals surface area contributed by atoms with Crippen LogP contribution in [0.3, 0.4) is 0 Å². The molecule has 0 aliphatic carbocycles. The second-order valence-corrected chi connectivity index (χ2v) is 5.14. The summed E-state index contributed by atoms with van der Waals surface area (Å²) >= 11 is 11.9. The lowest BCUT2D eigenvalue weighted by Crippen LogP contribution is -2.22. The van der Waals surface area contributed by atoms with Crippen LogP contribution in [0.25, 0.3) is 0 Å². The molecule has 18 heavy (non-hydrogen) atoms. The molecule has 1 aromatic rings. The van der Waals surface area contributed by atoms with E-state index in [1.807, 2.05) is 6.07 Å². The van der Waals surface area contributed by atoms with Crippen LogP contribution in [0.2, 0.25) is 10.0 Å². The maximum atomic E-state index is 10.8. The van der Waals surface area contributed by atoms with Crippen molar-refractivity contribution in [1.29, 1.82) is 0 Å². The molecule has 1 heterocycles. The van der Waals surface area contributed by atoms with Gasteiger partial charge in [0, 0.05) is 23.1 Å². The third kappa shape index (κ3) is 3.75. The SMILES string of the molecule is Cl.O=C(O)C1CCN(Cc2ccc(Cl)cc2Cl)C1. The minimum atomic E-state index is -0.713. The highest BCUT2D eigenvalue weighted by Gasteiger charge is 2.27. The number of hydrogen-bond acceptors (Lipinski definition) is 2. The second kappa shape index (κ2) is 6.62. The minimum Gasteiger partial charge on any atom is -0.481 e.